The minimum atomic E-state index is -1.26. The van der Waals surface area contributed by atoms with Crippen molar-refractivity contribution in [3.8, 4) is 5.75 Å². The smallest absolute Gasteiger partial charge is 0.352 e. The van der Waals surface area contributed by atoms with Crippen LogP contribution in [0, 0.1) is 5.92 Å². The Morgan fingerprint density at radius 3 is 2.26 bits per heavy atom. The Labute approximate surface area is 211 Å². The molecule has 1 aliphatic carbocycles. The maximum atomic E-state index is 12.4. The summed E-state index contributed by atoms with van der Waals surface area (Å²) >= 11 is 5.85. The average molecular weight is 502 g/mol. The lowest BCUT2D eigenvalue weighted by molar-refractivity contribution is -0.179. The highest BCUT2D eigenvalue weighted by Gasteiger charge is 2.32. The van der Waals surface area contributed by atoms with Gasteiger partial charge in [0.2, 0.25) is 6.79 Å². The van der Waals surface area contributed by atoms with E-state index in [0.717, 1.165) is 37.7 Å². The van der Waals surface area contributed by atoms with Gasteiger partial charge in [-0.3, -0.25) is 9.59 Å². The predicted molar refractivity (Wildman–Crippen MR) is 132 cm³/mol. The van der Waals surface area contributed by atoms with Crippen molar-refractivity contribution in [1.82, 2.24) is 5.32 Å². The highest BCUT2D eigenvalue weighted by Crippen LogP contribution is 2.25. The van der Waals surface area contributed by atoms with Gasteiger partial charge in [0.25, 0.3) is 5.91 Å². The van der Waals surface area contributed by atoms with Gasteiger partial charge in [0, 0.05) is 17.1 Å². The van der Waals surface area contributed by atoms with E-state index < -0.39 is 18.4 Å². The molecule has 3 rings (SSSR count). The van der Waals surface area contributed by atoms with Gasteiger partial charge in [-0.15, -0.1) is 0 Å². The average Bonchev–Trinajstić information content (AvgIpc) is 2.85. The Morgan fingerprint density at radius 2 is 1.60 bits per heavy atom. The van der Waals surface area contributed by atoms with Crippen molar-refractivity contribution in [2.75, 3.05) is 13.3 Å². The number of rotatable bonds is 10. The number of nitrogens with one attached hydrogen (secondary N) is 1. The lowest BCUT2D eigenvalue weighted by Gasteiger charge is -2.25. The molecule has 0 unspecified atom stereocenters. The van der Waals surface area contributed by atoms with Crippen LogP contribution in [0.5, 0.6) is 5.75 Å². The van der Waals surface area contributed by atoms with Gasteiger partial charge in [-0.25, -0.2) is 4.79 Å². The zero-order chi connectivity index (χ0) is 25.3. The number of amides is 1. The van der Waals surface area contributed by atoms with Crippen LogP contribution >= 0.6 is 11.6 Å². The zero-order valence-electron chi connectivity index (χ0n) is 20.2. The van der Waals surface area contributed by atoms with E-state index in [1.54, 1.807) is 50.2 Å². The first kappa shape index (κ1) is 26.5. The van der Waals surface area contributed by atoms with Crippen molar-refractivity contribution >= 4 is 29.4 Å². The monoisotopic (exact) mass is 501 g/mol. The molecule has 0 heterocycles. The second-order valence-electron chi connectivity index (χ2n) is 9.12. The van der Waals surface area contributed by atoms with Gasteiger partial charge in [-0.05, 0) is 75.1 Å². The van der Waals surface area contributed by atoms with E-state index in [1.807, 2.05) is 12.1 Å². The van der Waals surface area contributed by atoms with E-state index in [-0.39, 0.29) is 17.8 Å². The Morgan fingerprint density at radius 1 is 0.943 bits per heavy atom. The number of carbonyl (C=O) groups is 3. The fourth-order valence-corrected chi connectivity index (χ4v) is 3.98. The summed E-state index contributed by atoms with van der Waals surface area (Å²) in [7, 11) is 0. The lowest BCUT2D eigenvalue weighted by Crippen LogP contribution is -2.40. The normalized spacial score (nSPS) is 14.1. The highest BCUT2D eigenvalue weighted by atomic mass is 35.5. The number of hydrogen-bond donors (Lipinski definition) is 1. The van der Waals surface area contributed by atoms with Crippen LogP contribution in [0.4, 0.5) is 0 Å². The first-order chi connectivity index (χ1) is 16.7. The second kappa shape index (κ2) is 12.6. The van der Waals surface area contributed by atoms with Crippen LogP contribution in [0.3, 0.4) is 0 Å². The van der Waals surface area contributed by atoms with Crippen molar-refractivity contribution in [3.05, 3.63) is 64.7 Å². The van der Waals surface area contributed by atoms with E-state index in [4.69, 9.17) is 25.8 Å². The minimum Gasteiger partial charge on any atom is -0.476 e. The molecule has 0 radical (unpaired) electrons. The highest BCUT2D eigenvalue weighted by molar-refractivity contribution is 6.30. The molecule has 8 heteroatoms. The van der Waals surface area contributed by atoms with Crippen LogP contribution in [-0.4, -0.2) is 36.8 Å². The Bertz CT molecular complexity index is 997. The van der Waals surface area contributed by atoms with E-state index in [2.05, 4.69) is 5.32 Å². The van der Waals surface area contributed by atoms with E-state index in [1.165, 1.54) is 0 Å². The third kappa shape index (κ3) is 8.28. The van der Waals surface area contributed by atoms with Gasteiger partial charge in [0.05, 0.1) is 5.92 Å². The Hall–Kier alpha value is -3.06. The van der Waals surface area contributed by atoms with Crippen LogP contribution in [0.25, 0.3) is 0 Å². The van der Waals surface area contributed by atoms with E-state index >= 15 is 0 Å². The lowest BCUT2D eigenvalue weighted by atomic mass is 9.89. The topological polar surface area (TPSA) is 90.9 Å². The predicted octanol–water partition coefficient (Wildman–Crippen LogP) is 5.09. The van der Waals surface area contributed by atoms with Crippen LogP contribution in [0.1, 0.15) is 61.9 Å². The molecule has 1 fully saturated rings. The first-order valence-corrected chi connectivity index (χ1v) is 12.3. The Balaban J connectivity index is 1.40. The van der Waals surface area contributed by atoms with Crippen LogP contribution in [-0.2, 0) is 25.5 Å². The zero-order valence-corrected chi connectivity index (χ0v) is 20.9. The molecule has 7 nitrogen and oxygen atoms in total. The summed E-state index contributed by atoms with van der Waals surface area (Å²) in [5.74, 6) is -0.693. The molecule has 188 valence electrons. The van der Waals surface area contributed by atoms with E-state index in [0.29, 0.717) is 29.3 Å². The summed E-state index contributed by atoms with van der Waals surface area (Å²) < 4.78 is 16.1. The van der Waals surface area contributed by atoms with Gasteiger partial charge in [0.15, 0.2) is 5.60 Å². The van der Waals surface area contributed by atoms with Crippen LogP contribution in [0.15, 0.2) is 48.5 Å². The molecular weight excluding hydrogens is 470 g/mol. The van der Waals surface area contributed by atoms with Gasteiger partial charge >= 0.3 is 11.9 Å². The van der Waals surface area contributed by atoms with Crippen LogP contribution < -0.4 is 10.1 Å². The summed E-state index contributed by atoms with van der Waals surface area (Å²) in [5, 5.41) is 3.45. The molecule has 0 atom stereocenters. The summed E-state index contributed by atoms with van der Waals surface area (Å²) in [4.78, 5) is 36.7. The quantitative estimate of drug-likeness (QED) is 0.360. The molecule has 35 heavy (non-hydrogen) atoms. The first-order valence-electron chi connectivity index (χ1n) is 11.9. The summed E-state index contributed by atoms with van der Waals surface area (Å²) in [5.41, 5.74) is 0.297. The maximum Gasteiger partial charge on any atom is 0.352 e. The number of ether oxygens (including phenoxy) is 3. The standard InChI is InChI=1S/C27H32ClNO6/c1-27(2,26(32)34-18-33-25(31)21-6-4-3-5-7-21)35-23-14-8-19(9-15-23)16-17-29-24(30)20-10-12-22(28)13-11-20/h8-15,21H,3-7,16-18H2,1-2H3,(H,29,30). The molecule has 0 aromatic heterocycles. The van der Waals surface area contributed by atoms with Crippen molar-refractivity contribution in [2.24, 2.45) is 5.92 Å². The third-order valence-corrected chi connectivity index (χ3v) is 6.18. The SMILES string of the molecule is CC(C)(Oc1ccc(CCNC(=O)c2ccc(Cl)cc2)cc1)C(=O)OCOC(=O)C1CCCCC1. The number of halogens is 1. The largest absolute Gasteiger partial charge is 0.476 e. The fourth-order valence-electron chi connectivity index (χ4n) is 3.86. The molecule has 1 aliphatic rings. The fraction of sp³-hybridized carbons (Fsp3) is 0.444. The van der Waals surface area contributed by atoms with Crippen LogP contribution in [0.2, 0.25) is 5.02 Å². The molecule has 0 spiro atoms. The van der Waals surface area contributed by atoms with E-state index in [9.17, 15) is 14.4 Å². The van der Waals surface area contributed by atoms with Crippen molar-refractivity contribution < 1.29 is 28.6 Å². The van der Waals surface area contributed by atoms with Gasteiger partial charge in [-0.1, -0.05) is 43.0 Å². The number of hydrogen-bond acceptors (Lipinski definition) is 6. The summed E-state index contributed by atoms with van der Waals surface area (Å²) in [6.45, 7) is 3.25. The van der Waals surface area contributed by atoms with Crippen molar-refractivity contribution in [2.45, 2.75) is 58.0 Å². The molecule has 2 aromatic rings. The van der Waals surface area contributed by atoms with Gasteiger partial charge in [-0.2, -0.15) is 0 Å². The molecular formula is C27H32ClNO6. The molecule has 1 saturated carbocycles. The van der Waals surface area contributed by atoms with Gasteiger partial charge in [0.1, 0.15) is 5.75 Å². The number of esters is 2. The van der Waals surface area contributed by atoms with Gasteiger partial charge < -0.3 is 19.5 Å². The molecule has 2 aromatic carbocycles. The second-order valence-corrected chi connectivity index (χ2v) is 9.55. The number of carbonyl (C=O) groups excluding carboxylic acids is 3. The Kier molecular flexibility index (Phi) is 9.55. The molecule has 0 aliphatic heterocycles. The summed E-state index contributed by atoms with van der Waals surface area (Å²) in [6.07, 6.45) is 5.48. The van der Waals surface area contributed by atoms with Crippen molar-refractivity contribution in [1.29, 1.82) is 0 Å². The molecule has 1 N–H and O–H groups in total. The third-order valence-electron chi connectivity index (χ3n) is 5.92. The maximum absolute atomic E-state index is 12.4. The van der Waals surface area contributed by atoms with Crippen molar-refractivity contribution in [3.63, 3.8) is 0 Å². The molecule has 0 bridgehead atoms. The summed E-state index contributed by atoms with van der Waals surface area (Å²) in [6, 6.07) is 14.0. The number of benzene rings is 2. The minimum absolute atomic E-state index is 0.101. The molecule has 1 amide bonds. The molecule has 0 saturated heterocycles.